The first-order valence-corrected chi connectivity index (χ1v) is 10.7. The van der Waals surface area contributed by atoms with Gasteiger partial charge in [0, 0.05) is 34.9 Å². The van der Waals surface area contributed by atoms with Gasteiger partial charge in [-0.15, -0.1) is 5.92 Å². The normalized spacial score (nSPS) is 14.8. The summed E-state index contributed by atoms with van der Waals surface area (Å²) in [6.07, 6.45) is -5.26. The van der Waals surface area contributed by atoms with Crippen molar-refractivity contribution in [1.29, 1.82) is 0 Å². The topological polar surface area (TPSA) is 106 Å². The third kappa shape index (κ3) is 4.97. The highest BCUT2D eigenvalue weighted by molar-refractivity contribution is 6.08. The van der Waals surface area contributed by atoms with Crippen LogP contribution in [0, 0.1) is 23.7 Å². The molecule has 0 spiro atoms. The molecule has 0 saturated carbocycles. The van der Waals surface area contributed by atoms with Crippen molar-refractivity contribution < 1.29 is 25.5 Å². The van der Waals surface area contributed by atoms with Crippen LogP contribution in [0.15, 0.2) is 36.4 Å². The van der Waals surface area contributed by atoms with E-state index >= 15 is 0 Å². The van der Waals surface area contributed by atoms with Crippen LogP contribution >= 0.6 is 0 Å². The van der Waals surface area contributed by atoms with Crippen molar-refractivity contribution in [3.8, 4) is 23.7 Å². The highest BCUT2D eigenvalue weighted by Crippen LogP contribution is 2.30. The van der Waals surface area contributed by atoms with Crippen LogP contribution < -0.4 is 0 Å². The summed E-state index contributed by atoms with van der Waals surface area (Å²) in [5, 5.41) is 50.2. The van der Waals surface area contributed by atoms with Gasteiger partial charge in [0.15, 0.2) is 0 Å². The third-order valence-corrected chi connectivity index (χ3v) is 5.45. The van der Waals surface area contributed by atoms with Gasteiger partial charge in [-0.25, -0.2) is 0 Å². The van der Waals surface area contributed by atoms with Crippen LogP contribution in [-0.2, 0) is 6.54 Å². The Bertz CT molecular complexity index is 1210. The molecule has 32 heavy (non-hydrogen) atoms. The first-order valence-electron chi connectivity index (χ1n) is 10.7. The molecule has 0 amide bonds. The summed E-state index contributed by atoms with van der Waals surface area (Å²) in [5.74, 6) is 11.9. The summed E-state index contributed by atoms with van der Waals surface area (Å²) < 4.78 is 2.27. The van der Waals surface area contributed by atoms with Gasteiger partial charge in [0.2, 0.25) is 0 Å². The molecule has 4 unspecified atom stereocenters. The molecule has 168 valence electrons. The number of hydrogen-bond donors (Lipinski definition) is 5. The van der Waals surface area contributed by atoms with Crippen molar-refractivity contribution in [2.75, 3.05) is 6.61 Å². The molecule has 0 aliphatic rings. The summed E-state index contributed by atoms with van der Waals surface area (Å²) in [6, 6.07) is 12.2. The Hall–Kier alpha value is -2.84. The van der Waals surface area contributed by atoms with Gasteiger partial charge in [0.05, 0.1) is 23.7 Å². The van der Waals surface area contributed by atoms with Crippen LogP contribution in [0.4, 0.5) is 0 Å². The van der Waals surface area contributed by atoms with Crippen LogP contribution in [0.2, 0.25) is 0 Å². The van der Waals surface area contributed by atoms with Gasteiger partial charge in [0.1, 0.15) is 18.3 Å². The van der Waals surface area contributed by atoms with Crippen molar-refractivity contribution in [3.63, 3.8) is 0 Å². The quantitative estimate of drug-likeness (QED) is 0.364. The maximum Gasteiger partial charge on any atom is 0.111 e. The number of fused-ring (bicyclic) bond motifs is 3. The van der Waals surface area contributed by atoms with Gasteiger partial charge in [-0.2, -0.15) is 0 Å². The van der Waals surface area contributed by atoms with E-state index in [1.165, 1.54) is 0 Å². The zero-order valence-electron chi connectivity index (χ0n) is 18.3. The van der Waals surface area contributed by atoms with Gasteiger partial charge in [-0.1, -0.05) is 36.8 Å². The van der Waals surface area contributed by atoms with Crippen LogP contribution in [0.25, 0.3) is 21.8 Å². The molecule has 0 bridgehead atoms. The second-order valence-corrected chi connectivity index (χ2v) is 7.79. The Kier molecular flexibility index (Phi) is 7.93. The lowest BCUT2D eigenvalue weighted by atomic mass is 10.0. The lowest BCUT2D eigenvalue weighted by molar-refractivity contribution is -0.113. The molecule has 4 atom stereocenters. The molecular formula is C26H29NO5. The first-order chi connectivity index (χ1) is 15.4. The highest BCUT2D eigenvalue weighted by Gasteiger charge is 2.29. The molecule has 0 aliphatic carbocycles. The Labute approximate surface area is 187 Å². The molecule has 1 aromatic heterocycles. The van der Waals surface area contributed by atoms with Crippen molar-refractivity contribution in [2.24, 2.45) is 0 Å². The molecular weight excluding hydrogens is 406 g/mol. The van der Waals surface area contributed by atoms with E-state index in [9.17, 15) is 20.4 Å². The number of nitrogens with zero attached hydrogens (tertiary/aromatic N) is 1. The van der Waals surface area contributed by atoms with Gasteiger partial charge >= 0.3 is 0 Å². The SMILES string of the molecule is CC#Cc1ccc2c3ccc(C#CCC(O)C(O)C(O)C(O)CO)cc3n(CCC)c2c1. The smallest absolute Gasteiger partial charge is 0.111 e. The molecule has 0 fully saturated rings. The second-order valence-electron chi connectivity index (χ2n) is 7.79. The molecule has 3 rings (SSSR count). The van der Waals surface area contributed by atoms with Crippen LogP contribution in [0.3, 0.4) is 0 Å². The zero-order chi connectivity index (χ0) is 23.3. The summed E-state index contributed by atoms with van der Waals surface area (Å²) in [7, 11) is 0. The maximum absolute atomic E-state index is 10.0. The number of hydrogen-bond acceptors (Lipinski definition) is 5. The van der Waals surface area contributed by atoms with Crippen molar-refractivity contribution in [1.82, 2.24) is 4.57 Å². The van der Waals surface area contributed by atoms with E-state index in [0.29, 0.717) is 0 Å². The third-order valence-electron chi connectivity index (χ3n) is 5.45. The lowest BCUT2D eigenvalue weighted by Crippen LogP contribution is -2.45. The summed E-state index contributed by atoms with van der Waals surface area (Å²) in [4.78, 5) is 0. The van der Waals surface area contributed by atoms with Crippen molar-refractivity contribution in [2.45, 2.75) is 57.6 Å². The molecule has 2 aromatic carbocycles. The summed E-state index contributed by atoms with van der Waals surface area (Å²) >= 11 is 0. The predicted molar refractivity (Wildman–Crippen MR) is 125 cm³/mol. The second kappa shape index (κ2) is 10.7. The average molecular weight is 436 g/mol. The number of aliphatic hydroxyl groups excluding tert-OH is 5. The number of aliphatic hydroxyl groups is 5. The van der Waals surface area contributed by atoms with Gasteiger partial charge in [-0.3, -0.25) is 0 Å². The van der Waals surface area contributed by atoms with E-state index < -0.39 is 31.0 Å². The number of aryl methyl sites for hydroxylation is 1. The van der Waals surface area contributed by atoms with Crippen molar-refractivity contribution in [3.05, 3.63) is 47.5 Å². The molecule has 5 N–H and O–H groups in total. The largest absolute Gasteiger partial charge is 0.394 e. The summed E-state index contributed by atoms with van der Waals surface area (Å²) in [5.41, 5.74) is 3.93. The van der Waals surface area contributed by atoms with E-state index in [4.69, 9.17) is 5.11 Å². The fourth-order valence-corrected chi connectivity index (χ4v) is 3.80. The Morgan fingerprint density at radius 1 is 0.844 bits per heavy atom. The Morgan fingerprint density at radius 3 is 1.94 bits per heavy atom. The molecule has 3 aromatic rings. The zero-order valence-corrected chi connectivity index (χ0v) is 18.3. The fraction of sp³-hybridized carbons (Fsp3) is 0.385. The maximum atomic E-state index is 10.0. The van der Waals surface area contributed by atoms with Crippen molar-refractivity contribution >= 4 is 21.8 Å². The number of rotatable bonds is 7. The molecule has 0 radical (unpaired) electrons. The van der Waals surface area contributed by atoms with Crippen LogP contribution in [-0.4, -0.2) is 61.1 Å². The molecule has 6 nitrogen and oxygen atoms in total. The molecule has 1 heterocycles. The van der Waals surface area contributed by atoms with Crippen LogP contribution in [0.5, 0.6) is 0 Å². The predicted octanol–water partition coefficient (Wildman–Crippen LogP) is 1.75. The highest BCUT2D eigenvalue weighted by atomic mass is 16.4. The van der Waals surface area contributed by atoms with Crippen LogP contribution in [0.1, 0.15) is 37.8 Å². The van der Waals surface area contributed by atoms with Gasteiger partial charge < -0.3 is 30.1 Å². The van der Waals surface area contributed by atoms with Gasteiger partial charge in [0.25, 0.3) is 0 Å². The number of benzene rings is 2. The number of aromatic nitrogens is 1. The van der Waals surface area contributed by atoms with E-state index in [1.807, 2.05) is 31.2 Å². The first kappa shape index (κ1) is 23.8. The molecule has 6 heteroatoms. The minimum absolute atomic E-state index is 0.0919. The fourth-order valence-electron chi connectivity index (χ4n) is 3.80. The minimum Gasteiger partial charge on any atom is -0.394 e. The van der Waals surface area contributed by atoms with E-state index in [-0.39, 0.29) is 6.42 Å². The van der Waals surface area contributed by atoms with E-state index in [0.717, 1.165) is 45.9 Å². The Morgan fingerprint density at radius 2 is 1.41 bits per heavy atom. The lowest BCUT2D eigenvalue weighted by Gasteiger charge is -2.24. The standard InChI is InChI=1S/C26H29NO5/c1-3-6-17-9-11-19-20-12-10-18(15-22(20)27(13-4-2)21(19)14-17)7-5-8-23(29)25(31)26(32)24(30)16-28/h9-12,14-15,23-26,28-32H,4,8,13,16H2,1-2H3. The summed E-state index contributed by atoms with van der Waals surface area (Å²) in [6.45, 7) is 4.10. The Balaban J connectivity index is 1.90. The van der Waals surface area contributed by atoms with E-state index in [2.05, 4.69) is 47.3 Å². The van der Waals surface area contributed by atoms with Gasteiger partial charge in [-0.05, 0) is 37.6 Å². The molecule has 0 aliphatic heterocycles. The average Bonchev–Trinajstić information content (AvgIpc) is 3.10. The van der Waals surface area contributed by atoms with E-state index in [1.54, 1.807) is 0 Å². The minimum atomic E-state index is -1.65. The monoisotopic (exact) mass is 435 g/mol. The molecule has 0 saturated heterocycles.